The van der Waals surface area contributed by atoms with Crippen molar-refractivity contribution in [3.05, 3.63) is 70.2 Å². The van der Waals surface area contributed by atoms with Crippen molar-refractivity contribution in [1.82, 2.24) is 10.6 Å². The molecule has 4 nitrogen and oxygen atoms in total. The first-order valence-corrected chi connectivity index (χ1v) is 7.44. The lowest BCUT2D eigenvalue weighted by molar-refractivity contribution is 0.0963. The van der Waals surface area contributed by atoms with Crippen LogP contribution in [0.25, 0.3) is 0 Å². The van der Waals surface area contributed by atoms with Gasteiger partial charge in [-0.1, -0.05) is 41.9 Å². The quantitative estimate of drug-likeness (QED) is 0.767. The zero-order valence-corrected chi connectivity index (χ0v) is 13.1. The number of halogens is 1. The highest BCUT2D eigenvalue weighted by Gasteiger charge is 2.10. The van der Waals surface area contributed by atoms with Crippen molar-refractivity contribution in [2.45, 2.75) is 12.6 Å². The first kappa shape index (κ1) is 16.5. The molecule has 2 rings (SSSR count). The molecule has 2 aromatic carbocycles. The second-order valence-corrected chi connectivity index (χ2v) is 5.35. The molecule has 22 heavy (non-hydrogen) atoms. The number of amides is 1. The van der Waals surface area contributed by atoms with E-state index in [1.807, 2.05) is 30.3 Å². The second-order valence-electron chi connectivity index (χ2n) is 4.94. The SMILES string of the molecule is CNC(=O)c1ccc(CNCC(O)c2ccccc2Cl)cc1. The molecule has 5 heteroatoms. The van der Waals surface area contributed by atoms with E-state index in [0.717, 1.165) is 5.56 Å². The van der Waals surface area contributed by atoms with Crippen LogP contribution in [0.15, 0.2) is 48.5 Å². The number of carbonyl (C=O) groups is 1. The van der Waals surface area contributed by atoms with Gasteiger partial charge >= 0.3 is 0 Å². The molecule has 1 amide bonds. The van der Waals surface area contributed by atoms with Crippen LogP contribution in [0.4, 0.5) is 0 Å². The van der Waals surface area contributed by atoms with Gasteiger partial charge in [0.25, 0.3) is 5.91 Å². The van der Waals surface area contributed by atoms with E-state index in [-0.39, 0.29) is 5.91 Å². The minimum absolute atomic E-state index is 0.103. The van der Waals surface area contributed by atoms with Gasteiger partial charge in [0, 0.05) is 36.3 Å². The molecule has 0 aromatic heterocycles. The van der Waals surface area contributed by atoms with Crippen LogP contribution in [0.3, 0.4) is 0 Å². The molecule has 0 aliphatic heterocycles. The first-order valence-electron chi connectivity index (χ1n) is 7.06. The molecule has 116 valence electrons. The van der Waals surface area contributed by atoms with E-state index in [2.05, 4.69) is 10.6 Å². The summed E-state index contributed by atoms with van der Waals surface area (Å²) >= 11 is 6.05. The zero-order chi connectivity index (χ0) is 15.9. The number of nitrogens with one attached hydrogen (secondary N) is 2. The fourth-order valence-electron chi connectivity index (χ4n) is 2.13. The van der Waals surface area contributed by atoms with Gasteiger partial charge in [0.15, 0.2) is 0 Å². The van der Waals surface area contributed by atoms with Crippen LogP contribution in [0.2, 0.25) is 5.02 Å². The highest BCUT2D eigenvalue weighted by atomic mass is 35.5. The van der Waals surface area contributed by atoms with Gasteiger partial charge in [0.1, 0.15) is 0 Å². The average Bonchev–Trinajstić information content (AvgIpc) is 2.55. The summed E-state index contributed by atoms with van der Waals surface area (Å²) < 4.78 is 0. The van der Waals surface area contributed by atoms with Crippen molar-refractivity contribution >= 4 is 17.5 Å². The molecule has 0 bridgehead atoms. The Morgan fingerprint density at radius 1 is 1.18 bits per heavy atom. The summed E-state index contributed by atoms with van der Waals surface area (Å²) in [5.41, 5.74) is 2.38. The Balaban J connectivity index is 1.86. The number of hydrogen-bond acceptors (Lipinski definition) is 3. The predicted molar refractivity (Wildman–Crippen MR) is 88.0 cm³/mol. The van der Waals surface area contributed by atoms with Crippen molar-refractivity contribution in [1.29, 1.82) is 0 Å². The van der Waals surface area contributed by atoms with Gasteiger partial charge in [-0.05, 0) is 23.8 Å². The van der Waals surface area contributed by atoms with Gasteiger partial charge in [-0.3, -0.25) is 4.79 Å². The third-order valence-electron chi connectivity index (χ3n) is 3.37. The van der Waals surface area contributed by atoms with Crippen molar-refractivity contribution in [3.63, 3.8) is 0 Å². The lowest BCUT2D eigenvalue weighted by Crippen LogP contribution is -2.21. The smallest absolute Gasteiger partial charge is 0.251 e. The first-order chi connectivity index (χ1) is 10.6. The van der Waals surface area contributed by atoms with E-state index in [1.54, 1.807) is 25.2 Å². The Kier molecular flexibility index (Phi) is 5.95. The third-order valence-corrected chi connectivity index (χ3v) is 3.72. The monoisotopic (exact) mass is 318 g/mol. The topological polar surface area (TPSA) is 61.4 Å². The van der Waals surface area contributed by atoms with E-state index in [4.69, 9.17) is 11.6 Å². The maximum Gasteiger partial charge on any atom is 0.251 e. The molecule has 0 radical (unpaired) electrons. The van der Waals surface area contributed by atoms with Crippen LogP contribution in [-0.2, 0) is 6.54 Å². The third kappa shape index (κ3) is 4.31. The number of rotatable bonds is 6. The van der Waals surface area contributed by atoms with Gasteiger partial charge in [0.05, 0.1) is 6.10 Å². The second kappa shape index (κ2) is 7.94. The summed E-state index contributed by atoms with van der Waals surface area (Å²) in [5.74, 6) is -0.103. The number of aliphatic hydroxyl groups excluding tert-OH is 1. The Morgan fingerprint density at radius 2 is 1.86 bits per heavy atom. The Morgan fingerprint density at radius 3 is 2.50 bits per heavy atom. The molecule has 0 saturated carbocycles. The molecule has 0 aliphatic rings. The predicted octanol–water partition coefficient (Wildman–Crippen LogP) is 2.52. The summed E-state index contributed by atoms with van der Waals surface area (Å²) in [5, 5.41) is 16.5. The molecule has 2 aromatic rings. The fraction of sp³-hybridized carbons (Fsp3) is 0.235. The van der Waals surface area contributed by atoms with Gasteiger partial charge in [0.2, 0.25) is 0 Å². The average molecular weight is 319 g/mol. The molecule has 0 saturated heterocycles. The van der Waals surface area contributed by atoms with E-state index in [0.29, 0.717) is 29.2 Å². The highest BCUT2D eigenvalue weighted by molar-refractivity contribution is 6.31. The zero-order valence-electron chi connectivity index (χ0n) is 12.3. The minimum atomic E-state index is -0.654. The number of aliphatic hydroxyl groups is 1. The Bertz CT molecular complexity index is 629. The molecule has 3 N–H and O–H groups in total. The van der Waals surface area contributed by atoms with Crippen LogP contribution in [0.1, 0.15) is 27.6 Å². The molecule has 0 heterocycles. The number of hydrogen-bond donors (Lipinski definition) is 3. The molecule has 0 fully saturated rings. The van der Waals surface area contributed by atoms with Crippen molar-refractivity contribution < 1.29 is 9.90 Å². The van der Waals surface area contributed by atoms with E-state index in [1.165, 1.54) is 0 Å². The van der Waals surface area contributed by atoms with E-state index < -0.39 is 6.10 Å². The van der Waals surface area contributed by atoms with E-state index in [9.17, 15) is 9.90 Å². The molecule has 1 atom stereocenters. The molecule has 0 aliphatic carbocycles. The lowest BCUT2D eigenvalue weighted by Gasteiger charge is -2.13. The minimum Gasteiger partial charge on any atom is -0.387 e. The lowest BCUT2D eigenvalue weighted by atomic mass is 10.1. The van der Waals surface area contributed by atoms with Gasteiger partial charge in [-0.15, -0.1) is 0 Å². The van der Waals surface area contributed by atoms with Gasteiger partial charge in [-0.2, -0.15) is 0 Å². The van der Waals surface area contributed by atoms with Crippen LogP contribution >= 0.6 is 11.6 Å². The Hall–Kier alpha value is -1.88. The van der Waals surface area contributed by atoms with Gasteiger partial charge in [-0.25, -0.2) is 0 Å². The maximum absolute atomic E-state index is 11.4. The normalized spacial score (nSPS) is 12.0. The standard InChI is InChI=1S/C17H19ClN2O2/c1-19-17(22)13-8-6-12(7-9-13)10-20-11-16(21)14-4-2-3-5-15(14)18/h2-9,16,20-21H,10-11H2,1H3,(H,19,22). The van der Waals surface area contributed by atoms with Crippen molar-refractivity contribution in [2.75, 3.05) is 13.6 Å². The summed E-state index contributed by atoms with van der Waals surface area (Å²) in [4.78, 5) is 11.4. The number of benzene rings is 2. The van der Waals surface area contributed by atoms with E-state index >= 15 is 0 Å². The largest absolute Gasteiger partial charge is 0.387 e. The summed E-state index contributed by atoms with van der Waals surface area (Å²) in [6.45, 7) is 1.01. The van der Waals surface area contributed by atoms with Crippen LogP contribution in [0, 0.1) is 0 Å². The highest BCUT2D eigenvalue weighted by Crippen LogP contribution is 2.21. The number of carbonyl (C=O) groups excluding carboxylic acids is 1. The summed E-state index contributed by atoms with van der Waals surface area (Å²) in [6.07, 6.45) is -0.654. The Labute approximate surface area is 135 Å². The van der Waals surface area contributed by atoms with Crippen LogP contribution in [0.5, 0.6) is 0 Å². The van der Waals surface area contributed by atoms with Crippen molar-refractivity contribution in [2.24, 2.45) is 0 Å². The maximum atomic E-state index is 11.4. The molecular formula is C17H19ClN2O2. The molecule has 0 spiro atoms. The van der Waals surface area contributed by atoms with Crippen LogP contribution in [-0.4, -0.2) is 24.6 Å². The summed E-state index contributed by atoms with van der Waals surface area (Å²) in [6, 6.07) is 14.6. The van der Waals surface area contributed by atoms with Gasteiger partial charge < -0.3 is 15.7 Å². The molecule has 1 unspecified atom stereocenters. The fourth-order valence-corrected chi connectivity index (χ4v) is 2.39. The van der Waals surface area contributed by atoms with Crippen molar-refractivity contribution in [3.8, 4) is 0 Å². The summed E-state index contributed by atoms with van der Waals surface area (Å²) in [7, 11) is 1.61. The van der Waals surface area contributed by atoms with Crippen LogP contribution < -0.4 is 10.6 Å². The molecular weight excluding hydrogens is 300 g/mol.